The van der Waals surface area contributed by atoms with E-state index >= 15 is 0 Å². The maximum atomic E-state index is 13.3. The van der Waals surface area contributed by atoms with Crippen molar-refractivity contribution in [3.63, 3.8) is 0 Å². The highest BCUT2D eigenvalue weighted by atomic mass is 35.5. The summed E-state index contributed by atoms with van der Waals surface area (Å²) < 4.78 is 12.1. The number of nitrogens with zero attached hydrogens (tertiary/aromatic N) is 1. The second-order valence-corrected chi connectivity index (χ2v) is 9.73. The van der Waals surface area contributed by atoms with Crippen molar-refractivity contribution in [2.75, 3.05) is 14.2 Å². The summed E-state index contributed by atoms with van der Waals surface area (Å²) in [6.07, 6.45) is 0.128. The predicted octanol–water partition coefficient (Wildman–Crippen LogP) is 5.69. The molecule has 1 heterocycles. The van der Waals surface area contributed by atoms with Gasteiger partial charge in [-0.2, -0.15) is 0 Å². The molecule has 4 rings (SSSR count). The van der Waals surface area contributed by atoms with Gasteiger partial charge in [-0.25, -0.2) is 4.79 Å². The van der Waals surface area contributed by atoms with Crippen molar-refractivity contribution in [3.05, 3.63) is 97.2 Å². The van der Waals surface area contributed by atoms with Gasteiger partial charge in [0.05, 0.1) is 40.9 Å². The van der Waals surface area contributed by atoms with Crippen LogP contribution in [-0.4, -0.2) is 36.7 Å². The molecular weight excluding hydrogens is 551 g/mol. The van der Waals surface area contributed by atoms with E-state index in [-0.39, 0.29) is 27.6 Å². The molecule has 7 nitrogen and oxygen atoms in total. The Balaban J connectivity index is 1.66. The molecule has 1 aromatic heterocycles. The molecule has 0 saturated carbocycles. The summed E-state index contributed by atoms with van der Waals surface area (Å²) >= 11 is 18.5. The van der Waals surface area contributed by atoms with E-state index in [1.807, 2.05) is 0 Å². The van der Waals surface area contributed by atoms with Crippen molar-refractivity contribution in [3.8, 4) is 16.9 Å². The van der Waals surface area contributed by atoms with Crippen LogP contribution >= 0.6 is 34.8 Å². The zero-order valence-electron chi connectivity index (χ0n) is 20.7. The number of nitrogens with one attached hydrogen (secondary N) is 1. The fraction of sp³-hybridized carbons (Fsp3) is 0.179. The molecule has 0 saturated heterocycles. The summed E-state index contributed by atoms with van der Waals surface area (Å²) in [5.41, 5.74) is 2.23. The van der Waals surface area contributed by atoms with Crippen molar-refractivity contribution in [1.29, 1.82) is 0 Å². The Hall–Kier alpha value is -3.52. The van der Waals surface area contributed by atoms with Crippen LogP contribution in [0.15, 0.2) is 65.5 Å². The molecule has 0 spiro atoms. The molecule has 1 N–H and O–H groups in total. The van der Waals surface area contributed by atoms with Gasteiger partial charge in [0.2, 0.25) is 0 Å². The maximum Gasteiger partial charge on any atom is 0.328 e. The van der Waals surface area contributed by atoms with Gasteiger partial charge < -0.3 is 19.4 Å². The van der Waals surface area contributed by atoms with E-state index in [0.717, 1.165) is 0 Å². The van der Waals surface area contributed by atoms with Gasteiger partial charge >= 0.3 is 5.97 Å². The van der Waals surface area contributed by atoms with Gasteiger partial charge in [-0.05, 0) is 41.5 Å². The largest absolute Gasteiger partial charge is 0.495 e. The number of fused-ring (bicyclic) bond motifs is 1. The van der Waals surface area contributed by atoms with Gasteiger partial charge in [-0.1, -0.05) is 65.1 Å². The number of methoxy groups -OCH3 is 2. The molecule has 38 heavy (non-hydrogen) atoms. The number of amides is 1. The van der Waals surface area contributed by atoms with Gasteiger partial charge in [0.25, 0.3) is 11.5 Å². The minimum Gasteiger partial charge on any atom is -0.495 e. The van der Waals surface area contributed by atoms with Gasteiger partial charge in [0.15, 0.2) is 0 Å². The molecule has 1 unspecified atom stereocenters. The molecule has 1 amide bonds. The van der Waals surface area contributed by atoms with E-state index < -0.39 is 17.9 Å². The lowest BCUT2D eigenvalue weighted by Gasteiger charge is -2.18. The predicted molar refractivity (Wildman–Crippen MR) is 150 cm³/mol. The second kappa shape index (κ2) is 11.5. The topological polar surface area (TPSA) is 86.6 Å². The van der Waals surface area contributed by atoms with Crippen LogP contribution in [0.3, 0.4) is 0 Å². The van der Waals surface area contributed by atoms with Crippen LogP contribution in [0, 0.1) is 0 Å². The Labute approximate surface area is 233 Å². The number of pyridine rings is 1. The highest BCUT2D eigenvalue weighted by molar-refractivity contribution is 6.39. The third-order valence-corrected chi connectivity index (χ3v) is 7.04. The number of carbonyl (C=O) groups is 2. The standard InChI is InChI=1S/C28H23Cl3N2O5/c1-33-22-12-11-17(29)14-18(22)25(37-2)23(27(33)35)16-9-7-15(8-10-16)13-21(28(36)38-3)32-26(34)24-19(30)5-4-6-20(24)31/h4-12,14,21H,13H2,1-3H3,(H,32,34). The monoisotopic (exact) mass is 572 g/mol. The number of esters is 1. The second-order valence-electron chi connectivity index (χ2n) is 8.48. The van der Waals surface area contributed by atoms with E-state index in [0.29, 0.717) is 38.4 Å². The van der Waals surface area contributed by atoms with Gasteiger partial charge in [-0.3, -0.25) is 9.59 Å². The van der Waals surface area contributed by atoms with Crippen LogP contribution in [0.5, 0.6) is 5.75 Å². The van der Waals surface area contributed by atoms with E-state index in [1.165, 1.54) is 26.4 Å². The number of ether oxygens (including phenoxy) is 2. The van der Waals surface area contributed by atoms with Crippen molar-refractivity contribution in [1.82, 2.24) is 9.88 Å². The van der Waals surface area contributed by atoms with Crippen molar-refractivity contribution < 1.29 is 19.1 Å². The fourth-order valence-electron chi connectivity index (χ4n) is 4.28. The van der Waals surface area contributed by atoms with E-state index in [2.05, 4.69) is 5.32 Å². The third kappa shape index (κ3) is 5.36. The van der Waals surface area contributed by atoms with E-state index in [4.69, 9.17) is 44.3 Å². The minimum atomic E-state index is -1.00. The van der Waals surface area contributed by atoms with Crippen LogP contribution < -0.4 is 15.6 Å². The van der Waals surface area contributed by atoms with Crippen LogP contribution in [0.25, 0.3) is 22.0 Å². The highest BCUT2D eigenvalue weighted by Crippen LogP contribution is 2.35. The van der Waals surface area contributed by atoms with Gasteiger partial charge in [0.1, 0.15) is 11.8 Å². The van der Waals surface area contributed by atoms with Crippen molar-refractivity contribution in [2.45, 2.75) is 12.5 Å². The molecule has 1 atom stereocenters. The molecule has 10 heteroatoms. The third-order valence-electron chi connectivity index (χ3n) is 6.18. The molecule has 0 aliphatic heterocycles. The van der Waals surface area contributed by atoms with E-state index in [1.54, 1.807) is 60.1 Å². The fourth-order valence-corrected chi connectivity index (χ4v) is 5.02. The van der Waals surface area contributed by atoms with Crippen LogP contribution in [0.4, 0.5) is 0 Å². The number of carbonyl (C=O) groups excluding carboxylic acids is 2. The first-order valence-electron chi connectivity index (χ1n) is 11.4. The van der Waals surface area contributed by atoms with Gasteiger partial charge in [0, 0.05) is 23.9 Å². The number of halogens is 3. The Bertz CT molecular complexity index is 1580. The molecule has 0 aliphatic rings. The molecule has 0 fully saturated rings. The lowest BCUT2D eigenvalue weighted by molar-refractivity contribution is -0.142. The molecule has 0 bridgehead atoms. The quantitative estimate of drug-likeness (QED) is 0.287. The van der Waals surface area contributed by atoms with Crippen LogP contribution in [0.1, 0.15) is 15.9 Å². The Kier molecular flexibility index (Phi) is 8.31. The molecule has 0 aliphatic carbocycles. The number of aromatic nitrogens is 1. The summed E-state index contributed by atoms with van der Waals surface area (Å²) in [7, 11) is 4.42. The summed E-state index contributed by atoms with van der Waals surface area (Å²) in [5, 5.41) is 4.20. The Morgan fingerprint density at radius 3 is 2.24 bits per heavy atom. The normalized spacial score (nSPS) is 11.7. The Morgan fingerprint density at radius 2 is 1.63 bits per heavy atom. The first-order valence-corrected chi connectivity index (χ1v) is 12.6. The Morgan fingerprint density at radius 1 is 0.974 bits per heavy atom. The molecule has 3 aromatic carbocycles. The van der Waals surface area contributed by atoms with Gasteiger partial charge in [-0.15, -0.1) is 0 Å². The lowest BCUT2D eigenvalue weighted by atomic mass is 9.99. The van der Waals surface area contributed by atoms with Crippen LogP contribution in [0.2, 0.25) is 15.1 Å². The molecule has 0 radical (unpaired) electrons. The summed E-state index contributed by atoms with van der Waals surface area (Å²) in [4.78, 5) is 38.6. The SMILES string of the molecule is COC(=O)C(Cc1ccc(-c2c(OC)c3cc(Cl)ccc3n(C)c2=O)cc1)NC(=O)c1c(Cl)cccc1Cl. The summed E-state index contributed by atoms with van der Waals surface area (Å²) in [6.45, 7) is 0. The number of rotatable bonds is 7. The molecule has 4 aromatic rings. The first-order chi connectivity index (χ1) is 18.2. The average Bonchev–Trinajstić information content (AvgIpc) is 2.90. The molecule has 196 valence electrons. The highest BCUT2D eigenvalue weighted by Gasteiger charge is 2.25. The number of benzene rings is 3. The first kappa shape index (κ1) is 27.5. The van der Waals surface area contributed by atoms with Crippen molar-refractivity contribution in [2.24, 2.45) is 7.05 Å². The van der Waals surface area contributed by atoms with E-state index in [9.17, 15) is 14.4 Å². The number of hydrogen-bond donors (Lipinski definition) is 1. The van der Waals surface area contributed by atoms with Crippen LogP contribution in [-0.2, 0) is 23.0 Å². The smallest absolute Gasteiger partial charge is 0.328 e. The lowest BCUT2D eigenvalue weighted by Crippen LogP contribution is -2.43. The van der Waals surface area contributed by atoms with Crippen molar-refractivity contribution >= 4 is 57.6 Å². The maximum absolute atomic E-state index is 13.3. The minimum absolute atomic E-state index is 0.0689. The molecular formula is C28H23Cl3N2O5. The number of aryl methyl sites for hydroxylation is 1. The summed E-state index contributed by atoms with van der Waals surface area (Å²) in [6, 6.07) is 16.0. The average molecular weight is 574 g/mol. The zero-order valence-corrected chi connectivity index (χ0v) is 22.9. The summed E-state index contributed by atoms with van der Waals surface area (Å²) in [5.74, 6) is -0.821. The number of hydrogen-bond acceptors (Lipinski definition) is 5. The zero-order chi connectivity index (χ0) is 27.6.